The van der Waals surface area contributed by atoms with Crippen molar-refractivity contribution in [1.82, 2.24) is 10.2 Å². The summed E-state index contributed by atoms with van der Waals surface area (Å²) in [6, 6.07) is 4.99. The van der Waals surface area contributed by atoms with Crippen LogP contribution in [0, 0.1) is 5.92 Å². The van der Waals surface area contributed by atoms with E-state index in [1.54, 1.807) is 32.3 Å². The summed E-state index contributed by atoms with van der Waals surface area (Å²) in [6.45, 7) is 2.08. The first-order chi connectivity index (χ1) is 11.0. The van der Waals surface area contributed by atoms with Gasteiger partial charge in [0.05, 0.1) is 10.6 Å². The average molecular weight is 338 g/mol. The maximum Gasteiger partial charge on any atom is 0.254 e. The van der Waals surface area contributed by atoms with E-state index in [0.29, 0.717) is 28.6 Å². The molecular formula is C17H24ClN3O2. The van der Waals surface area contributed by atoms with Crippen molar-refractivity contribution in [1.29, 1.82) is 0 Å². The molecule has 0 bridgehead atoms. The molecule has 126 valence electrons. The van der Waals surface area contributed by atoms with E-state index in [0.717, 1.165) is 32.4 Å². The predicted octanol–water partition coefficient (Wildman–Crippen LogP) is 2.76. The van der Waals surface area contributed by atoms with Gasteiger partial charge in [0, 0.05) is 26.2 Å². The third-order valence-corrected chi connectivity index (χ3v) is 4.45. The monoisotopic (exact) mass is 337 g/mol. The van der Waals surface area contributed by atoms with Gasteiger partial charge in [-0.1, -0.05) is 11.6 Å². The lowest BCUT2D eigenvalue weighted by Crippen LogP contribution is -2.28. The summed E-state index contributed by atoms with van der Waals surface area (Å²) >= 11 is 6.07. The molecule has 5 nitrogen and oxygen atoms in total. The van der Waals surface area contributed by atoms with Gasteiger partial charge in [-0.05, 0) is 56.5 Å². The first kappa shape index (κ1) is 17.8. The fraction of sp³-hybridized carbons (Fsp3) is 0.529. The molecule has 0 aromatic heterocycles. The molecule has 0 atom stereocenters. The molecular weight excluding hydrogens is 314 g/mol. The van der Waals surface area contributed by atoms with Gasteiger partial charge >= 0.3 is 0 Å². The zero-order chi connectivity index (χ0) is 16.8. The van der Waals surface area contributed by atoms with E-state index in [4.69, 9.17) is 11.6 Å². The minimum absolute atomic E-state index is 0.0193. The molecule has 23 heavy (non-hydrogen) atoms. The average Bonchev–Trinajstić information content (AvgIpc) is 2.55. The fourth-order valence-corrected chi connectivity index (χ4v) is 2.94. The van der Waals surface area contributed by atoms with E-state index >= 15 is 0 Å². The first-order valence-electron chi connectivity index (χ1n) is 7.99. The van der Waals surface area contributed by atoms with Gasteiger partial charge in [0.15, 0.2) is 0 Å². The Bertz CT molecular complexity index is 569. The summed E-state index contributed by atoms with van der Waals surface area (Å²) in [5.41, 5.74) is 1.00. The van der Waals surface area contributed by atoms with E-state index < -0.39 is 0 Å². The Labute approximate surface area is 142 Å². The number of rotatable bonds is 5. The Kier molecular flexibility index (Phi) is 6.42. The van der Waals surface area contributed by atoms with Gasteiger partial charge < -0.3 is 15.5 Å². The second-order valence-corrected chi connectivity index (χ2v) is 6.58. The maximum atomic E-state index is 12.1. The summed E-state index contributed by atoms with van der Waals surface area (Å²) in [5.74, 6) is 0.424. The Balaban J connectivity index is 1.92. The number of halogens is 1. The van der Waals surface area contributed by atoms with Crippen LogP contribution in [0.5, 0.6) is 0 Å². The van der Waals surface area contributed by atoms with Gasteiger partial charge in [-0.2, -0.15) is 0 Å². The van der Waals surface area contributed by atoms with E-state index in [2.05, 4.69) is 10.6 Å². The van der Waals surface area contributed by atoms with Gasteiger partial charge in [0.2, 0.25) is 5.91 Å². The molecule has 6 heteroatoms. The van der Waals surface area contributed by atoms with Crippen LogP contribution in [0.2, 0.25) is 5.02 Å². The molecule has 1 heterocycles. The molecule has 2 rings (SSSR count). The van der Waals surface area contributed by atoms with Crippen molar-refractivity contribution in [2.45, 2.75) is 25.7 Å². The van der Waals surface area contributed by atoms with Crippen LogP contribution in [0.15, 0.2) is 18.2 Å². The minimum Gasteiger partial charge on any atom is -0.345 e. The van der Waals surface area contributed by atoms with E-state index in [1.807, 2.05) is 0 Å². The van der Waals surface area contributed by atoms with Crippen molar-refractivity contribution in [3.8, 4) is 0 Å². The van der Waals surface area contributed by atoms with Crippen LogP contribution in [0.1, 0.15) is 36.0 Å². The molecule has 1 aromatic rings. The second-order valence-electron chi connectivity index (χ2n) is 6.17. The van der Waals surface area contributed by atoms with E-state index in [-0.39, 0.29) is 11.8 Å². The van der Waals surface area contributed by atoms with Crippen molar-refractivity contribution in [3.05, 3.63) is 28.8 Å². The molecule has 1 aliphatic heterocycles. The number of anilines is 1. The Morgan fingerprint density at radius 1 is 1.30 bits per heavy atom. The lowest BCUT2D eigenvalue weighted by atomic mass is 9.93. The Morgan fingerprint density at radius 3 is 2.65 bits per heavy atom. The lowest BCUT2D eigenvalue weighted by molar-refractivity contribution is -0.116. The number of nitrogens with zero attached hydrogens (tertiary/aromatic N) is 1. The second kappa shape index (κ2) is 8.31. The summed E-state index contributed by atoms with van der Waals surface area (Å²) in [5, 5.41) is 6.57. The molecule has 0 saturated carbocycles. The Morgan fingerprint density at radius 2 is 2.00 bits per heavy atom. The number of benzene rings is 1. The smallest absolute Gasteiger partial charge is 0.254 e. The summed E-state index contributed by atoms with van der Waals surface area (Å²) in [7, 11) is 3.34. The Hall–Kier alpha value is -1.59. The SMILES string of the molecule is CN(C)C(=O)c1cc(NC(=O)CCC2CCNCC2)ccc1Cl. The first-order valence-corrected chi connectivity index (χ1v) is 8.37. The highest BCUT2D eigenvalue weighted by molar-refractivity contribution is 6.34. The summed E-state index contributed by atoms with van der Waals surface area (Å²) < 4.78 is 0. The highest BCUT2D eigenvalue weighted by Crippen LogP contribution is 2.23. The molecule has 0 radical (unpaired) electrons. The maximum absolute atomic E-state index is 12.1. The molecule has 0 aliphatic carbocycles. The number of carbonyl (C=O) groups excluding carboxylic acids is 2. The van der Waals surface area contributed by atoms with Gasteiger partial charge in [0.1, 0.15) is 0 Å². The van der Waals surface area contributed by atoms with Crippen molar-refractivity contribution in [2.75, 3.05) is 32.5 Å². The number of hydrogen-bond acceptors (Lipinski definition) is 3. The number of carbonyl (C=O) groups is 2. The van der Waals surface area contributed by atoms with Crippen molar-refractivity contribution >= 4 is 29.1 Å². The predicted molar refractivity (Wildman–Crippen MR) is 92.9 cm³/mol. The molecule has 1 saturated heterocycles. The zero-order valence-corrected chi connectivity index (χ0v) is 14.4. The van der Waals surface area contributed by atoms with Crippen LogP contribution in [0.3, 0.4) is 0 Å². The van der Waals surface area contributed by atoms with Crippen molar-refractivity contribution < 1.29 is 9.59 Å². The van der Waals surface area contributed by atoms with Gasteiger partial charge in [-0.15, -0.1) is 0 Å². The fourth-order valence-electron chi connectivity index (χ4n) is 2.74. The lowest BCUT2D eigenvalue weighted by Gasteiger charge is -2.22. The highest BCUT2D eigenvalue weighted by atomic mass is 35.5. The molecule has 1 aromatic carbocycles. The molecule has 1 aliphatic rings. The van der Waals surface area contributed by atoms with Crippen LogP contribution >= 0.6 is 11.6 Å². The number of piperidine rings is 1. The molecule has 2 N–H and O–H groups in total. The van der Waals surface area contributed by atoms with Gasteiger partial charge in [-0.3, -0.25) is 9.59 Å². The van der Waals surface area contributed by atoms with Crippen molar-refractivity contribution in [2.24, 2.45) is 5.92 Å². The topological polar surface area (TPSA) is 61.4 Å². The summed E-state index contributed by atoms with van der Waals surface area (Å²) in [6.07, 6.45) is 3.68. The largest absolute Gasteiger partial charge is 0.345 e. The standard InChI is InChI=1S/C17H24ClN3O2/c1-21(2)17(23)14-11-13(4-5-15(14)18)20-16(22)6-3-12-7-9-19-10-8-12/h4-5,11-12,19H,3,6-10H2,1-2H3,(H,20,22). The van der Waals surface area contributed by atoms with Crippen LogP contribution < -0.4 is 10.6 Å². The quantitative estimate of drug-likeness (QED) is 0.868. The van der Waals surface area contributed by atoms with Crippen LogP contribution in [0.25, 0.3) is 0 Å². The number of amides is 2. The van der Waals surface area contributed by atoms with Crippen molar-refractivity contribution in [3.63, 3.8) is 0 Å². The number of nitrogens with one attached hydrogen (secondary N) is 2. The molecule has 0 spiro atoms. The van der Waals surface area contributed by atoms with Crippen LogP contribution in [0.4, 0.5) is 5.69 Å². The zero-order valence-electron chi connectivity index (χ0n) is 13.7. The summed E-state index contributed by atoms with van der Waals surface area (Å²) in [4.78, 5) is 25.6. The van der Waals surface area contributed by atoms with Gasteiger partial charge in [0.25, 0.3) is 5.91 Å². The normalized spacial score (nSPS) is 15.3. The number of hydrogen-bond donors (Lipinski definition) is 2. The molecule has 2 amide bonds. The third-order valence-electron chi connectivity index (χ3n) is 4.13. The van der Waals surface area contributed by atoms with E-state index in [9.17, 15) is 9.59 Å². The minimum atomic E-state index is -0.180. The molecule has 0 unspecified atom stereocenters. The van der Waals surface area contributed by atoms with E-state index in [1.165, 1.54) is 4.90 Å². The van der Waals surface area contributed by atoms with Crippen LogP contribution in [-0.2, 0) is 4.79 Å². The highest BCUT2D eigenvalue weighted by Gasteiger charge is 2.16. The third kappa shape index (κ3) is 5.22. The molecule has 1 fully saturated rings. The van der Waals surface area contributed by atoms with Gasteiger partial charge in [-0.25, -0.2) is 0 Å². The van der Waals surface area contributed by atoms with Crippen LogP contribution in [-0.4, -0.2) is 43.9 Å².